The SMILES string of the molecule is Cc1ccccc1[C@@H]1COCCN1C1CC2(CCN(c3ccc(C(=O)NS(=O)(=O)c4ccc(NCC5CCOCC5)c([N+](=O)[O-])c4)c(N4c5cc6cc[nH]c6nc5O[C@H]5COCC[C@@H]54)c3)CC2)C1. The first-order valence-electron chi connectivity index (χ1n) is 24.0. The third-order valence-corrected chi connectivity index (χ3v) is 16.8. The number of ether oxygens (including phenoxy) is 4. The topological polar surface area (TPSA) is 194 Å². The molecule has 1 saturated carbocycles. The number of carbonyl (C=O) groups is 1. The number of hydrogen-bond donors (Lipinski definition) is 3. The number of H-pyrrole nitrogens is 1. The third-order valence-electron chi connectivity index (χ3n) is 15.4. The minimum absolute atomic E-state index is 0.123. The van der Waals surface area contributed by atoms with E-state index in [9.17, 15) is 23.3 Å². The Morgan fingerprint density at radius 2 is 1.71 bits per heavy atom. The largest absolute Gasteiger partial charge is 0.468 e. The lowest BCUT2D eigenvalue weighted by Crippen LogP contribution is -2.58. The molecule has 358 valence electrons. The normalized spacial score (nSPS) is 23.3. The zero-order valence-electron chi connectivity index (χ0n) is 38.2. The van der Waals surface area contributed by atoms with E-state index < -0.39 is 37.5 Å². The van der Waals surface area contributed by atoms with Crippen LogP contribution in [0.4, 0.5) is 28.4 Å². The van der Waals surface area contributed by atoms with Crippen molar-refractivity contribution >= 4 is 55.4 Å². The summed E-state index contributed by atoms with van der Waals surface area (Å²) in [5.41, 5.74) is 5.56. The van der Waals surface area contributed by atoms with Gasteiger partial charge in [0.05, 0.1) is 53.0 Å². The van der Waals surface area contributed by atoms with Gasteiger partial charge in [0.2, 0.25) is 5.88 Å². The number of aromatic nitrogens is 2. The fourth-order valence-corrected chi connectivity index (χ4v) is 12.6. The number of sulfonamides is 1. The van der Waals surface area contributed by atoms with Crippen molar-refractivity contribution in [3.63, 3.8) is 0 Å². The average Bonchev–Trinajstić information content (AvgIpc) is 3.81. The third kappa shape index (κ3) is 8.54. The number of aromatic amines is 1. The number of nitro benzene ring substituents is 1. The number of aryl methyl sites for hydroxylation is 1. The number of nitro groups is 1. The van der Waals surface area contributed by atoms with Crippen LogP contribution >= 0.6 is 0 Å². The first-order chi connectivity index (χ1) is 33.0. The summed E-state index contributed by atoms with van der Waals surface area (Å²) in [7, 11) is -4.59. The molecule has 11 rings (SSSR count). The summed E-state index contributed by atoms with van der Waals surface area (Å²) in [6, 6.07) is 22.3. The molecular formula is C50H58N8O9S. The second kappa shape index (κ2) is 18.3. The summed E-state index contributed by atoms with van der Waals surface area (Å²) in [6.45, 7) is 8.77. The van der Waals surface area contributed by atoms with Crippen molar-refractivity contribution in [2.45, 2.75) is 81.0 Å². The Kier molecular flexibility index (Phi) is 12.0. The fraction of sp³-hybridized carbons (Fsp3) is 0.480. The molecule has 3 N–H and O–H groups in total. The van der Waals surface area contributed by atoms with Gasteiger partial charge >= 0.3 is 0 Å². The maximum absolute atomic E-state index is 14.6. The van der Waals surface area contributed by atoms with Crippen LogP contribution in [0.25, 0.3) is 11.0 Å². The highest BCUT2D eigenvalue weighted by Gasteiger charge is 2.50. The number of anilines is 4. The summed E-state index contributed by atoms with van der Waals surface area (Å²) >= 11 is 0. The van der Waals surface area contributed by atoms with Crippen LogP contribution in [0, 0.1) is 28.4 Å². The van der Waals surface area contributed by atoms with Crippen molar-refractivity contribution in [2.24, 2.45) is 11.3 Å². The number of carbonyl (C=O) groups excluding carboxylic acids is 1. The van der Waals surface area contributed by atoms with Crippen LogP contribution in [0.3, 0.4) is 0 Å². The molecule has 1 amide bonds. The Labute approximate surface area is 395 Å². The second-order valence-corrected chi connectivity index (χ2v) is 21.1. The van der Waals surface area contributed by atoms with Gasteiger partial charge in [-0.05, 0) is 117 Å². The van der Waals surface area contributed by atoms with E-state index in [2.05, 4.69) is 60.9 Å². The molecule has 0 radical (unpaired) electrons. The van der Waals surface area contributed by atoms with Gasteiger partial charge in [-0.3, -0.25) is 19.8 Å². The Bertz CT molecular complexity index is 2820. The molecule has 5 fully saturated rings. The zero-order chi connectivity index (χ0) is 46.6. The van der Waals surface area contributed by atoms with Gasteiger partial charge in [0.1, 0.15) is 23.1 Å². The van der Waals surface area contributed by atoms with Gasteiger partial charge in [-0.2, -0.15) is 4.98 Å². The molecule has 18 heteroatoms. The molecule has 6 aliphatic rings. The van der Waals surface area contributed by atoms with Gasteiger partial charge in [-0.15, -0.1) is 0 Å². The lowest BCUT2D eigenvalue weighted by Gasteiger charge is -2.57. The van der Waals surface area contributed by atoms with E-state index in [4.69, 9.17) is 23.9 Å². The highest BCUT2D eigenvalue weighted by molar-refractivity contribution is 7.90. The van der Waals surface area contributed by atoms with Crippen molar-refractivity contribution in [1.82, 2.24) is 19.6 Å². The Balaban J connectivity index is 0.878. The van der Waals surface area contributed by atoms with Gasteiger partial charge < -0.3 is 39.0 Å². The lowest BCUT2D eigenvalue weighted by atomic mass is 9.59. The summed E-state index contributed by atoms with van der Waals surface area (Å²) < 4.78 is 54.3. The van der Waals surface area contributed by atoms with Crippen LogP contribution in [0.5, 0.6) is 5.88 Å². The second-order valence-electron chi connectivity index (χ2n) is 19.4. The van der Waals surface area contributed by atoms with E-state index in [1.54, 1.807) is 6.07 Å². The summed E-state index contributed by atoms with van der Waals surface area (Å²) in [5, 5.41) is 16.3. The van der Waals surface area contributed by atoms with Crippen LogP contribution in [0.1, 0.15) is 72.5 Å². The number of pyridine rings is 1. The standard InChI is InChI=1S/C50H58N8O9S/c1-32-4-2-3-5-38(32)45-30-66-23-19-56(45)36-27-50(28-36)14-17-55(18-15-50)35-6-8-39(42(25-35)57-41-13-22-65-31-46(41)67-49-44(57)24-34-10-16-51-47(34)53-49)48(59)54-68(62,63)37-7-9-40(43(26-37)58(60)61)52-29-33-11-20-64-21-12-33/h2-10,16,24-26,33,36,41,45-46,52H,11-15,17-23,27-31H2,1H3,(H,51,53)(H,54,59)/t41-,45-,46-/m0/s1. The smallest absolute Gasteiger partial charge is 0.293 e. The van der Waals surface area contributed by atoms with Crippen molar-refractivity contribution in [2.75, 3.05) is 80.9 Å². The number of morpholine rings is 1. The molecule has 68 heavy (non-hydrogen) atoms. The van der Waals surface area contributed by atoms with E-state index >= 15 is 0 Å². The van der Waals surface area contributed by atoms with E-state index in [1.165, 1.54) is 23.3 Å². The number of benzene rings is 3. The summed E-state index contributed by atoms with van der Waals surface area (Å²) in [5.74, 6) is -0.223. The number of fused-ring (bicyclic) bond motifs is 3. The number of amides is 1. The monoisotopic (exact) mass is 946 g/mol. The summed E-state index contributed by atoms with van der Waals surface area (Å²) in [4.78, 5) is 41.1. The molecule has 1 spiro atoms. The number of piperidine rings is 1. The molecule has 7 heterocycles. The number of nitrogens with zero attached hydrogens (tertiary/aromatic N) is 5. The Morgan fingerprint density at radius 1 is 0.912 bits per heavy atom. The molecule has 0 bridgehead atoms. The van der Waals surface area contributed by atoms with Gasteiger partial charge in [0.15, 0.2) is 0 Å². The number of nitrogens with one attached hydrogen (secondary N) is 3. The predicted octanol–water partition coefficient (Wildman–Crippen LogP) is 7.25. The van der Waals surface area contributed by atoms with Gasteiger partial charge in [-0.1, -0.05) is 24.3 Å². The molecule has 4 saturated heterocycles. The zero-order valence-corrected chi connectivity index (χ0v) is 39.0. The highest BCUT2D eigenvalue weighted by atomic mass is 32.2. The van der Waals surface area contributed by atoms with Crippen molar-refractivity contribution in [3.8, 4) is 5.88 Å². The van der Waals surface area contributed by atoms with Crippen LogP contribution in [-0.4, -0.2) is 118 Å². The van der Waals surface area contributed by atoms with E-state index in [0.29, 0.717) is 74.9 Å². The Hall–Kier alpha value is -5.79. The molecular weight excluding hydrogens is 889 g/mol. The highest BCUT2D eigenvalue weighted by Crippen LogP contribution is 2.53. The molecule has 1 aliphatic carbocycles. The maximum Gasteiger partial charge on any atom is 0.293 e. The molecule has 17 nitrogen and oxygen atoms in total. The maximum atomic E-state index is 14.6. The minimum Gasteiger partial charge on any atom is -0.468 e. The molecule has 0 unspecified atom stereocenters. The first kappa shape index (κ1) is 44.7. The van der Waals surface area contributed by atoms with Crippen molar-refractivity contribution < 1.29 is 37.1 Å². The van der Waals surface area contributed by atoms with Gasteiger partial charge in [0, 0.05) is 75.4 Å². The van der Waals surface area contributed by atoms with Crippen LogP contribution < -0.4 is 24.6 Å². The number of hydrogen-bond acceptors (Lipinski definition) is 14. The van der Waals surface area contributed by atoms with E-state index in [-0.39, 0.29) is 34.7 Å². The van der Waals surface area contributed by atoms with Crippen molar-refractivity contribution in [3.05, 3.63) is 106 Å². The molecule has 3 atom stereocenters. The van der Waals surface area contributed by atoms with Gasteiger partial charge in [-0.25, -0.2) is 13.1 Å². The fourth-order valence-electron chi connectivity index (χ4n) is 11.6. The molecule has 5 aliphatic heterocycles. The summed E-state index contributed by atoms with van der Waals surface area (Å²) in [6.07, 6.45) is 7.99. The van der Waals surface area contributed by atoms with E-state index in [0.717, 1.165) is 81.9 Å². The van der Waals surface area contributed by atoms with Gasteiger partial charge in [0.25, 0.3) is 21.6 Å². The lowest BCUT2D eigenvalue weighted by molar-refractivity contribution is -0.384. The minimum atomic E-state index is -4.59. The van der Waals surface area contributed by atoms with E-state index in [1.807, 2.05) is 30.5 Å². The van der Waals surface area contributed by atoms with Crippen LogP contribution in [0.2, 0.25) is 0 Å². The Morgan fingerprint density at radius 3 is 2.51 bits per heavy atom. The molecule has 5 aromatic rings. The average molecular weight is 947 g/mol. The first-order valence-corrected chi connectivity index (χ1v) is 25.5. The molecule has 3 aromatic carbocycles. The van der Waals surface area contributed by atoms with Crippen molar-refractivity contribution in [1.29, 1.82) is 0 Å². The predicted molar refractivity (Wildman–Crippen MR) is 256 cm³/mol. The van der Waals surface area contributed by atoms with Crippen LogP contribution in [-0.2, 0) is 24.2 Å². The quantitative estimate of drug-likeness (QED) is 0.0886. The van der Waals surface area contributed by atoms with Crippen LogP contribution in [0.15, 0.2) is 83.9 Å². The molecule has 2 aromatic heterocycles. The number of rotatable bonds is 11.